The molecule has 0 saturated heterocycles. The van der Waals surface area contributed by atoms with Crippen LogP contribution in [0.4, 0.5) is 0 Å². The van der Waals surface area contributed by atoms with E-state index in [-0.39, 0.29) is 23.5 Å². The number of hydrogen-bond donors (Lipinski definition) is 1. The van der Waals surface area contributed by atoms with Gasteiger partial charge in [0.1, 0.15) is 0 Å². The fourth-order valence-corrected chi connectivity index (χ4v) is 4.42. The summed E-state index contributed by atoms with van der Waals surface area (Å²) < 4.78 is 17.1. The van der Waals surface area contributed by atoms with Crippen LogP contribution in [0.25, 0.3) is 0 Å². The van der Waals surface area contributed by atoms with Gasteiger partial charge in [-0.3, -0.25) is 0 Å². The maximum absolute atomic E-state index is 11.6. The van der Waals surface area contributed by atoms with E-state index in [0.29, 0.717) is 5.92 Å². The first-order chi connectivity index (χ1) is 12.2. The summed E-state index contributed by atoms with van der Waals surface area (Å²) in [6.07, 6.45) is 3.41. The summed E-state index contributed by atoms with van der Waals surface area (Å²) in [7, 11) is 0.804. The minimum absolute atomic E-state index is 0.0927. The second-order valence-corrected chi connectivity index (χ2v) is 14.0. The Morgan fingerprint density at radius 2 is 1.63 bits per heavy atom. The maximum atomic E-state index is 11.6. The first kappa shape index (κ1) is 26.3. The van der Waals surface area contributed by atoms with Crippen LogP contribution in [0.1, 0.15) is 61.3 Å². The summed E-state index contributed by atoms with van der Waals surface area (Å²) in [6, 6.07) is 0. The zero-order chi connectivity index (χ0) is 21.6. The van der Waals surface area contributed by atoms with Crippen molar-refractivity contribution in [2.24, 2.45) is 11.8 Å². The Bertz CT molecular complexity index is 503. The number of aliphatic carboxylic acids is 1. The first-order valence-corrected chi connectivity index (χ1v) is 12.8. The lowest BCUT2D eigenvalue weighted by Gasteiger charge is -2.42. The third-order valence-electron chi connectivity index (χ3n) is 6.00. The van der Waals surface area contributed by atoms with Crippen molar-refractivity contribution in [1.82, 2.24) is 0 Å². The molecule has 0 spiro atoms. The van der Waals surface area contributed by atoms with Gasteiger partial charge < -0.3 is 19.0 Å². The van der Waals surface area contributed by atoms with Crippen LogP contribution in [0.2, 0.25) is 18.1 Å². The highest BCUT2D eigenvalue weighted by molar-refractivity contribution is 6.74. The first-order valence-electron chi connectivity index (χ1n) is 9.86. The molecule has 0 saturated carbocycles. The lowest BCUT2D eigenvalue weighted by molar-refractivity contribution is -0.224. The normalized spacial score (nSPS) is 17.5. The van der Waals surface area contributed by atoms with Crippen molar-refractivity contribution < 1.29 is 23.8 Å². The summed E-state index contributed by atoms with van der Waals surface area (Å²) in [5.74, 6) is -2.20. The molecule has 0 fully saturated rings. The smallest absolute Gasteiger partial charge is 0.364 e. The van der Waals surface area contributed by atoms with Crippen LogP contribution >= 0.6 is 0 Å². The molecule has 0 rings (SSSR count). The van der Waals surface area contributed by atoms with Crippen molar-refractivity contribution in [1.29, 1.82) is 0 Å². The quantitative estimate of drug-likeness (QED) is 0.282. The van der Waals surface area contributed by atoms with Crippen LogP contribution in [-0.2, 0) is 18.7 Å². The lowest BCUT2D eigenvalue weighted by atomic mass is 9.89. The van der Waals surface area contributed by atoms with Crippen molar-refractivity contribution in [2.45, 2.75) is 91.3 Å². The van der Waals surface area contributed by atoms with Crippen molar-refractivity contribution >= 4 is 14.3 Å². The van der Waals surface area contributed by atoms with E-state index in [4.69, 9.17) is 13.9 Å². The van der Waals surface area contributed by atoms with Gasteiger partial charge in [-0.25, -0.2) is 4.79 Å². The van der Waals surface area contributed by atoms with Crippen molar-refractivity contribution in [3.05, 3.63) is 11.6 Å². The molecular weight excluding hydrogens is 360 g/mol. The summed E-state index contributed by atoms with van der Waals surface area (Å²) in [6.45, 7) is 19.8. The Kier molecular flexibility index (Phi) is 9.93. The number of rotatable bonds is 11. The molecule has 6 heteroatoms. The molecule has 1 N–H and O–H groups in total. The molecule has 0 heterocycles. The lowest BCUT2D eigenvalue weighted by Crippen LogP contribution is -2.47. The molecule has 27 heavy (non-hydrogen) atoms. The van der Waals surface area contributed by atoms with Crippen LogP contribution in [0.15, 0.2) is 11.6 Å². The van der Waals surface area contributed by atoms with Crippen molar-refractivity contribution in [3.8, 4) is 0 Å². The molecule has 0 aromatic rings. The van der Waals surface area contributed by atoms with E-state index in [9.17, 15) is 9.90 Å². The highest BCUT2D eigenvalue weighted by atomic mass is 28.4. The van der Waals surface area contributed by atoms with Crippen LogP contribution in [0.5, 0.6) is 0 Å². The Hall–Kier alpha value is -0.693. The Balaban J connectivity index is 5.60. The van der Waals surface area contributed by atoms with Crippen molar-refractivity contribution in [2.75, 3.05) is 14.2 Å². The van der Waals surface area contributed by atoms with E-state index < -0.39 is 20.1 Å². The monoisotopic (exact) mass is 402 g/mol. The van der Waals surface area contributed by atoms with Gasteiger partial charge in [0.05, 0.1) is 6.10 Å². The average molecular weight is 403 g/mol. The average Bonchev–Trinajstić information content (AvgIpc) is 2.55. The molecule has 0 aliphatic heterocycles. The summed E-state index contributed by atoms with van der Waals surface area (Å²) >= 11 is 0. The zero-order valence-corrected chi connectivity index (χ0v) is 20.3. The van der Waals surface area contributed by atoms with Gasteiger partial charge in [0.2, 0.25) is 0 Å². The fourth-order valence-electron chi connectivity index (χ4n) is 2.94. The predicted molar refractivity (Wildman–Crippen MR) is 113 cm³/mol. The van der Waals surface area contributed by atoms with Gasteiger partial charge >= 0.3 is 5.97 Å². The van der Waals surface area contributed by atoms with Gasteiger partial charge in [-0.05, 0) is 36.9 Å². The van der Waals surface area contributed by atoms with Crippen molar-refractivity contribution in [3.63, 3.8) is 0 Å². The van der Waals surface area contributed by atoms with E-state index in [1.165, 1.54) is 14.2 Å². The largest absolute Gasteiger partial charge is 0.477 e. The number of carboxylic acids is 1. The molecule has 0 bridgehead atoms. The van der Waals surface area contributed by atoms with E-state index in [2.05, 4.69) is 60.7 Å². The molecule has 0 aromatic heterocycles. The number of carboxylic acid groups (broad SMARTS) is 1. The summed E-state index contributed by atoms with van der Waals surface area (Å²) in [5.41, 5.74) is 0.917. The van der Waals surface area contributed by atoms with Crippen LogP contribution < -0.4 is 0 Å². The second-order valence-electron chi connectivity index (χ2n) is 9.24. The highest BCUT2D eigenvalue weighted by Crippen LogP contribution is 2.40. The molecule has 5 nitrogen and oxygen atoms in total. The molecular formula is C21H42O5Si. The topological polar surface area (TPSA) is 65.0 Å². The van der Waals surface area contributed by atoms with Gasteiger partial charge in [-0.2, -0.15) is 0 Å². The van der Waals surface area contributed by atoms with Gasteiger partial charge in [-0.1, -0.05) is 59.6 Å². The van der Waals surface area contributed by atoms with E-state index >= 15 is 0 Å². The van der Waals surface area contributed by atoms with E-state index in [0.717, 1.165) is 12.0 Å². The molecule has 3 atom stereocenters. The van der Waals surface area contributed by atoms with Gasteiger partial charge in [0.25, 0.3) is 5.79 Å². The van der Waals surface area contributed by atoms with E-state index in [1.807, 2.05) is 6.92 Å². The Morgan fingerprint density at radius 3 is 1.96 bits per heavy atom. The summed E-state index contributed by atoms with van der Waals surface area (Å²) in [4.78, 5) is 11.6. The standard InChI is InChI=1S/C21H42O5Si/c1-12-16(3)18(26-27(10,11)20(5,6)7)17(4)13-15(2)14-21(24-8,25-9)19(22)23/h13,16-18H,12,14H2,1-11H3,(H,22,23)/b15-13+/t16-,17-,18+/m1/s1. The molecule has 0 aliphatic rings. The molecule has 0 aliphatic carbocycles. The van der Waals surface area contributed by atoms with Crippen LogP contribution in [0.3, 0.4) is 0 Å². The summed E-state index contributed by atoms with van der Waals surface area (Å²) in [5, 5.41) is 9.63. The Labute approximate surface area is 167 Å². The fraction of sp³-hybridized carbons (Fsp3) is 0.857. The molecule has 0 amide bonds. The zero-order valence-electron chi connectivity index (χ0n) is 19.3. The van der Waals surface area contributed by atoms with Crippen LogP contribution in [-0.4, -0.2) is 45.5 Å². The molecule has 160 valence electrons. The molecule has 0 radical (unpaired) electrons. The SMILES string of the molecule is CC[C@@H](C)[C@H](O[Si](C)(C)C(C)(C)C)[C@H](C)/C=C(\C)CC(OC)(OC)C(=O)O. The third-order valence-corrected chi connectivity index (χ3v) is 10.5. The highest BCUT2D eigenvalue weighted by Gasteiger charge is 2.42. The maximum Gasteiger partial charge on any atom is 0.364 e. The second kappa shape index (κ2) is 10.2. The van der Waals surface area contributed by atoms with Crippen LogP contribution in [0, 0.1) is 11.8 Å². The minimum Gasteiger partial charge on any atom is -0.477 e. The van der Waals surface area contributed by atoms with E-state index in [1.54, 1.807) is 0 Å². The van der Waals surface area contributed by atoms with Gasteiger partial charge in [0, 0.05) is 20.6 Å². The predicted octanol–water partition coefficient (Wildman–Crippen LogP) is 5.47. The minimum atomic E-state index is -1.91. The molecule has 0 unspecified atom stereocenters. The van der Waals surface area contributed by atoms with Gasteiger partial charge in [0.15, 0.2) is 8.32 Å². The molecule has 0 aromatic carbocycles. The number of carbonyl (C=O) groups is 1. The Morgan fingerprint density at radius 1 is 1.15 bits per heavy atom. The third kappa shape index (κ3) is 7.00. The number of hydrogen-bond acceptors (Lipinski definition) is 4. The number of methoxy groups -OCH3 is 2. The van der Waals surface area contributed by atoms with Gasteiger partial charge in [-0.15, -0.1) is 0 Å². The number of ether oxygens (including phenoxy) is 2.